The Morgan fingerprint density at radius 3 is 2.33 bits per heavy atom. The monoisotopic (exact) mass is 169 g/mol. The van der Waals surface area contributed by atoms with Crippen LogP contribution in [0.1, 0.15) is 5.56 Å². The van der Waals surface area contributed by atoms with E-state index >= 15 is 0 Å². The van der Waals surface area contributed by atoms with Gasteiger partial charge in [0.15, 0.2) is 11.5 Å². The van der Waals surface area contributed by atoms with Crippen molar-refractivity contribution in [2.75, 3.05) is 0 Å². The average molecular weight is 169 g/mol. The first-order chi connectivity index (χ1) is 5.66. The van der Waals surface area contributed by atoms with Crippen LogP contribution in [0, 0.1) is 0 Å². The number of nitrogens with zero attached hydrogens (tertiary/aromatic N) is 1. The molecular formula is C7H7NO4. The van der Waals surface area contributed by atoms with Crippen LogP contribution in [0.5, 0.6) is 17.2 Å². The summed E-state index contributed by atoms with van der Waals surface area (Å²) in [5, 5.41) is 37.7. The number of phenols is 3. The van der Waals surface area contributed by atoms with E-state index in [4.69, 9.17) is 20.5 Å². The Kier molecular flexibility index (Phi) is 2.05. The van der Waals surface area contributed by atoms with E-state index in [1.54, 1.807) is 0 Å². The van der Waals surface area contributed by atoms with Gasteiger partial charge in [-0.15, -0.1) is 0 Å². The highest BCUT2D eigenvalue weighted by Crippen LogP contribution is 2.35. The number of rotatable bonds is 1. The molecule has 1 aromatic carbocycles. The smallest absolute Gasteiger partial charge is 0.200 e. The SMILES string of the molecule is O/N=C/c1ccc(O)c(O)c1O. The summed E-state index contributed by atoms with van der Waals surface area (Å²) >= 11 is 0. The van der Waals surface area contributed by atoms with Crippen LogP contribution in [0.3, 0.4) is 0 Å². The van der Waals surface area contributed by atoms with Crippen molar-refractivity contribution < 1.29 is 20.5 Å². The molecule has 0 unspecified atom stereocenters. The van der Waals surface area contributed by atoms with Gasteiger partial charge in [0.1, 0.15) is 0 Å². The molecule has 5 heteroatoms. The molecule has 0 aliphatic heterocycles. The molecule has 4 N–H and O–H groups in total. The molecule has 0 saturated carbocycles. The lowest BCUT2D eigenvalue weighted by Gasteiger charge is -2.01. The van der Waals surface area contributed by atoms with E-state index in [1.165, 1.54) is 12.1 Å². The highest BCUT2D eigenvalue weighted by molar-refractivity contribution is 5.85. The van der Waals surface area contributed by atoms with Gasteiger partial charge in [-0.1, -0.05) is 5.16 Å². The Hall–Kier alpha value is -1.91. The molecule has 0 atom stereocenters. The van der Waals surface area contributed by atoms with Crippen molar-refractivity contribution in [1.29, 1.82) is 0 Å². The lowest BCUT2D eigenvalue weighted by Crippen LogP contribution is -1.82. The van der Waals surface area contributed by atoms with Crippen LogP contribution < -0.4 is 0 Å². The summed E-state index contributed by atoms with van der Waals surface area (Å²) in [5.41, 5.74) is 0.118. The normalized spacial score (nSPS) is 10.7. The third-order valence-corrected chi connectivity index (χ3v) is 1.36. The summed E-state index contributed by atoms with van der Waals surface area (Å²) in [7, 11) is 0. The van der Waals surface area contributed by atoms with E-state index in [2.05, 4.69) is 5.16 Å². The van der Waals surface area contributed by atoms with Gasteiger partial charge in [0.05, 0.1) is 6.21 Å². The number of hydrogen-bond acceptors (Lipinski definition) is 5. The zero-order valence-corrected chi connectivity index (χ0v) is 5.97. The zero-order valence-electron chi connectivity index (χ0n) is 5.97. The van der Waals surface area contributed by atoms with Gasteiger partial charge < -0.3 is 20.5 Å². The Morgan fingerprint density at radius 1 is 1.08 bits per heavy atom. The van der Waals surface area contributed by atoms with Crippen molar-refractivity contribution in [3.8, 4) is 17.2 Å². The van der Waals surface area contributed by atoms with Crippen molar-refractivity contribution in [1.82, 2.24) is 0 Å². The molecule has 0 amide bonds. The minimum absolute atomic E-state index is 0.118. The number of oxime groups is 1. The molecule has 1 aromatic rings. The van der Waals surface area contributed by atoms with E-state index in [9.17, 15) is 0 Å². The van der Waals surface area contributed by atoms with Crippen molar-refractivity contribution in [2.45, 2.75) is 0 Å². The Morgan fingerprint density at radius 2 is 1.75 bits per heavy atom. The number of hydrogen-bond donors (Lipinski definition) is 4. The predicted molar refractivity (Wildman–Crippen MR) is 40.8 cm³/mol. The second-order valence-electron chi connectivity index (χ2n) is 2.12. The van der Waals surface area contributed by atoms with Gasteiger partial charge in [-0.3, -0.25) is 0 Å². The third kappa shape index (κ3) is 1.24. The topological polar surface area (TPSA) is 93.3 Å². The van der Waals surface area contributed by atoms with Gasteiger partial charge >= 0.3 is 0 Å². The summed E-state index contributed by atoms with van der Waals surface area (Å²) < 4.78 is 0. The summed E-state index contributed by atoms with van der Waals surface area (Å²) in [6, 6.07) is 2.47. The van der Waals surface area contributed by atoms with Crippen molar-refractivity contribution in [3.05, 3.63) is 17.7 Å². The van der Waals surface area contributed by atoms with Crippen LogP contribution in [-0.4, -0.2) is 26.7 Å². The van der Waals surface area contributed by atoms with E-state index in [1.807, 2.05) is 0 Å². The number of aromatic hydroxyl groups is 3. The zero-order chi connectivity index (χ0) is 9.14. The van der Waals surface area contributed by atoms with Crippen LogP contribution in [0.4, 0.5) is 0 Å². The molecule has 0 bridgehead atoms. The van der Waals surface area contributed by atoms with Gasteiger partial charge in [0.2, 0.25) is 5.75 Å². The van der Waals surface area contributed by atoms with E-state index in [-0.39, 0.29) is 5.56 Å². The van der Waals surface area contributed by atoms with Crippen LogP contribution >= 0.6 is 0 Å². The highest BCUT2D eigenvalue weighted by atomic mass is 16.4. The molecule has 0 fully saturated rings. The molecule has 0 saturated heterocycles. The Balaban J connectivity index is 3.26. The summed E-state index contributed by atoms with van der Waals surface area (Å²) in [5.74, 6) is -1.58. The fourth-order valence-corrected chi connectivity index (χ4v) is 0.751. The molecule has 12 heavy (non-hydrogen) atoms. The Labute approximate surface area is 67.8 Å². The summed E-state index contributed by atoms with van der Waals surface area (Å²) in [6.07, 6.45) is 0.939. The molecule has 0 radical (unpaired) electrons. The van der Waals surface area contributed by atoms with E-state index in [0.29, 0.717) is 0 Å². The van der Waals surface area contributed by atoms with Crippen molar-refractivity contribution in [2.24, 2.45) is 5.16 Å². The molecule has 64 valence electrons. The van der Waals surface area contributed by atoms with Crippen LogP contribution in [0.15, 0.2) is 17.3 Å². The minimum atomic E-state index is -0.632. The van der Waals surface area contributed by atoms with E-state index < -0.39 is 17.2 Å². The lowest BCUT2D eigenvalue weighted by molar-refractivity contribution is 0.321. The summed E-state index contributed by atoms with van der Waals surface area (Å²) in [6.45, 7) is 0. The van der Waals surface area contributed by atoms with Gasteiger partial charge in [-0.05, 0) is 12.1 Å². The highest BCUT2D eigenvalue weighted by Gasteiger charge is 2.08. The Bertz CT molecular complexity index is 321. The van der Waals surface area contributed by atoms with Crippen LogP contribution in [-0.2, 0) is 0 Å². The predicted octanol–water partition coefficient (Wildman–Crippen LogP) is 0.611. The first-order valence-electron chi connectivity index (χ1n) is 3.08. The molecular weight excluding hydrogens is 162 g/mol. The van der Waals surface area contributed by atoms with Crippen LogP contribution in [0.2, 0.25) is 0 Å². The molecule has 1 rings (SSSR count). The molecule has 0 aromatic heterocycles. The number of phenolic OH excluding ortho intramolecular Hbond substituents is 3. The first kappa shape index (κ1) is 8.19. The molecule has 0 heterocycles. The van der Waals surface area contributed by atoms with Crippen LogP contribution in [0.25, 0.3) is 0 Å². The lowest BCUT2D eigenvalue weighted by atomic mass is 10.2. The fraction of sp³-hybridized carbons (Fsp3) is 0. The van der Waals surface area contributed by atoms with Crippen molar-refractivity contribution in [3.63, 3.8) is 0 Å². The standard InChI is InChI=1S/C7H7NO4/c9-5-2-1-4(3-8-12)6(10)7(5)11/h1-3,9-12H/b8-3+. The second kappa shape index (κ2) is 3.00. The second-order valence-corrected chi connectivity index (χ2v) is 2.12. The molecule has 0 spiro atoms. The third-order valence-electron chi connectivity index (χ3n) is 1.36. The van der Waals surface area contributed by atoms with Gasteiger partial charge in [0.25, 0.3) is 0 Å². The molecule has 5 nitrogen and oxygen atoms in total. The molecule has 0 aliphatic rings. The van der Waals surface area contributed by atoms with Crippen molar-refractivity contribution >= 4 is 6.21 Å². The van der Waals surface area contributed by atoms with E-state index in [0.717, 1.165) is 6.21 Å². The maximum absolute atomic E-state index is 9.10. The largest absolute Gasteiger partial charge is 0.504 e. The number of benzene rings is 1. The van der Waals surface area contributed by atoms with Gasteiger partial charge in [-0.2, -0.15) is 0 Å². The van der Waals surface area contributed by atoms with Gasteiger partial charge in [-0.25, -0.2) is 0 Å². The fourth-order valence-electron chi connectivity index (χ4n) is 0.751. The average Bonchev–Trinajstić information content (AvgIpc) is 2.07. The first-order valence-corrected chi connectivity index (χ1v) is 3.08. The van der Waals surface area contributed by atoms with Gasteiger partial charge in [0, 0.05) is 5.56 Å². The maximum atomic E-state index is 9.10. The maximum Gasteiger partial charge on any atom is 0.200 e. The minimum Gasteiger partial charge on any atom is -0.504 e. The summed E-state index contributed by atoms with van der Waals surface area (Å²) in [4.78, 5) is 0. The quantitative estimate of drug-likeness (QED) is 0.214. The molecule has 0 aliphatic carbocycles.